The molecule has 1 aliphatic rings. The number of nitro groups is 1. The van der Waals surface area contributed by atoms with Crippen LogP contribution < -0.4 is 10.1 Å². The minimum Gasteiger partial charge on any atom is -0.490 e. The van der Waals surface area contributed by atoms with Crippen LogP contribution in [-0.2, 0) is 0 Å². The van der Waals surface area contributed by atoms with E-state index in [-0.39, 0.29) is 11.4 Å². The molecule has 1 aromatic rings. The highest BCUT2D eigenvalue weighted by atomic mass is 16.6. The molecular weight excluding hydrogens is 258 g/mol. The van der Waals surface area contributed by atoms with E-state index >= 15 is 0 Å². The lowest BCUT2D eigenvalue weighted by molar-refractivity contribution is -0.385. The van der Waals surface area contributed by atoms with Crippen LogP contribution >= 0.6 is 0 Å². The molecule has 0 aliphatic heterocycles. The minimum atomic E-state index is -0.435. The largest absolute Gasteiger partial charge is 0.490 e. The van der Waals surface area contributed by atoms with Gasteiger partial charge in [0.1, 0.15) is 0 Å². The summed E-state index contributed by atoms with van der Waals surface area (Å²) in [6, 6.07) is 5.37. The summed E-state index contributed by atoms with van der Waals surface area (Å²) in [6.07, 6.45) is 2.57. The lowest BCUT2D eigenvalue weighted by Gasteiger charge is -2.25. The van der Waals surface area contributed by atoms with Gasteiger partial charge in [0.05, 0.1) is 12.0 Å². The third kappa shape index (κ3) is 3.39. The summed E-state index contributed by atoms with van der Waals surface area (Å²) >= 11 is 0. The van der Waals surface area contributed by atoms with E-state index in [2.05, 4.69) is 24.3 Å². The third-order valence-corrected chi connectivity index (χ3v) is 3.72. The first-order valence-corrected chi connectivity index (χ1v) is 6.75. The Morgan fingerprint density at radius 1 is 1.50 bits per heavy atom. The number of methoxy groups -OCH3 is 1. The van der Waals surface area contributed by atoms with E-state index in [4.69, 9.17) is 4.74 Å². The fraction of sp³-hybridized carbons (Fsp3) is 0.571. The van der Waals surface area contributed by atoms with Crippen LogP contribution in [0.5, 0.6) is 5.75 Å². The highest BCUT2D eigenvalue weighted by molar-refractivity contribution is 5.58. The van der Waals surface area contributed by atoms with E-state index < -0.39 is 4.92 Å². The maximum Gasteiger partial charge on any atom is 0.311 e. The van der Waals surface area contributed by atoms with E-state index in [0.29, 0.717) is 6.04 Å². The standard InChI is InChI=1S/C14H21N3O3/c1-16(2)13(10-4-5-10)9-15-11-6-7-12(17(18)19)14(8-11)20-3/h6-8,10,13,15H,4-5,9H2,1-3H3. The van der Waals surface area contributed by atoms with Crippen LogP contribution in [0.4, 0.5) is 11.4 Å². The topological polar surface area (TPSA) is 67.6 Å². The summed E-state index contributed by atoms with van der Waals surface area (Å²) in [7, 11) is 5.61. The number of ether oxygens (including phenoxy) is 1. The number of nitrogens with zero attached hydrogens (tertiary/aromatic N) is 2. The van der Waals surface area contributed by atoms with Crippen molar-refractivity contribution < 1.29 is 9.66 Å². The number of anilines is 1. The molecule has 1 fully saturated rings. The molecule has 1 atom stereocenters. The number of nitro benzene ring substituents is 1. The fourth-order valence-corrected chi connectivity index (χ4v) is 2.41. The molecule has 1 unspecified atom stereocenters. The number of hydrogen-bond acceptors (Lipinski definition) is 5. The van der Waals surface area contributed by atoms with Crippen molar-refractivity contribution in [1.82, 2.24) is 4.90 Å². The Labute approximate surface area is 118 Å². The smallest absolute Gasteiger partial charge is 0.311 e. The number of nitrogens with one attached hydrogen (secondary N) is 1. The predicted octanol–water partition coefficient (Wildman–Crippen LogP) is 2.36. The van der Waals surface area contributed by atoms with Crippen LogP contribution in [0, 0.1) is 16.0 Å². The monoisotopic (exact) mass is 279 g/mol. The number of rotatable bonds is 7. The van der Waals surface area contributed by atoms with Gasteiger partial charge in [-0.3, -0.25) is 10.1 Å². The van der Waals surface area contributed by atoms with Crippen molar-refractivity contribution in [3.8, 4) is 5.75 Å². The second-order valence-electron chi connectivity index (χ2n) is 5.39. The summed E-state index contributed by atoms with van der Waals surface area (Å²) in [5.74, 6) is 1.05. The van der Waals surface area contributed by atoms with Crippen LogP contribution in [0.15, 0.2) is 18.2 Å². The lowest BCUT2D eigenvalue weighted by atomic mass is 10.1. The summed E-state index contributed by atoms with van der Waals surface area (Å²) in [4.78, 5) is 12.6. The molecule has 6 nitrogen and oxygen atoms in total. The molecular formula is C14H21N3O3. The Bertz CT molecular complexity index is 485. The molecule has 0 heterocycles. The predicted molar refractivity (Wildman–Crippen MR) is 78.3 cm³/mol. The Hall–Kier alpha value is -1.82. The van der Waals surface area contributed by atoms with Crippen molar-refractivity contribution in [1.29, 1.82) is 0 Å². The Kier molecular flexibility index (Phi) is 4.44. The van der Waals surface area contributed by atoms with Gasteiger partial charge in [-0.25, -0.2) is 0 Å². The summed E-state index contributed by atoms with van der Waals surface area (Å²) in [5.41, 5.74) is 0.837. The van der Waals surface area contributed by atoms with Gasteiger partial charge in [-0.05, 0) is 38.9 Å². The van der Waals surface area contributed by atoms with Gasteiger partial charge in [0.15, 0.2) is 5.75 Å². The molecule has 1 aliphatic carbocycles. The molecule has 20 heavy (non-hydrogen) atoms. The Morgan fingerprint density at radius 2 is 2.20 bits per heavy atom. The zero-order valence-corrected chi connectivity index (χ0v) is 12.1. The second kappa shape index (κ2) is 6.09. The van der Waals surface area contributed by atoms with Gasteiger partial charge < -0.3 is 15.0 Å². The highest BCUT2D eigenvalue weighted by Gasteiger charge is 2.32. The molecule has 1 N–H and O–H groups in total. The van der Waals surface area contributed by atoms with E-state index in [9.17, 15) is 10.1 Å². The van der Waals surface area contributed by atoms with Gasteiger partial charge in [0.25, 0.3) is 0 Å². The molecule has 1 aromatic carbocycles. The molecule has 1 saturated carbocycles. The molecule has 2 rings (SSSR count). The maximum atomic E-state index is 10.8. The van der Waals surface area contributed by atoms with Gasteiger partial charge >= 0.3 is 5.69 Å². The van der Waals surface area contributed by atoms with Gasteiger partial charge in [0, 0.05) is 30.4 Å². The number of likely N-dealkylation sites (N-methyl/N-ethyl adjacent to an activating group) is 1. The van der Waals surface area contributed by atoms with Gasteiger partial charge in [0.2, 0.25) is 0 Å². The van der Waals surface area contributed by atoms with Crippen molar-refractivity contribution in [3.05, 3.63) is 28.3 Å². The lowest BCUT2D eigenvalue weighted by Crippen LogP contribution is -2.36. The van der Waals surface area contributed by atoms with Crippen LogP contribution in [0.25, 0.3) is 0 Å². The highest BCUT2D eigenvalue weighted by Crippen LogP contribution is 2.35. The van der Waals surface area contributed by atoms with Crippen molar-refractivity contribution in [3.63, 3.8) is 0 Å². The van der Waals surface area contributed by atoms with E-state index in [0.717, 1.165) is 18.2 Å². The normalized spacial score (nSPS) is 16.0. The van der Waals surface area contributed by atoms with Crippen molar-refractivity contribution in [2.24, 2.45) is 5.92 Å². The van der Waals surface area contributed by atoms with Crippen molar-refractivity contribution >= 4 is 11.4 Å². The van der Waals surface area contributed by atoms with Gasteiger partial charge in [-0.15, -0.1) is 0 Å². The summed E-state index contributed by atoms with van der Waals surface area (Å²) in [6.45, 7) is 0.832. The average Bonchev–Trinajstić information content (AvgIpc) is 3.22. The third-order valence-electron chi connectivity index (χ3n) is 3.72. The van der Waals surface area contributed by atoms with Gasteiger partial charge in [-0.1, -0.05) is 0 Å². The first-order valence-electron chi connectivity index (χ1n) is 6.75. The first kappa shape index (κ1) is 14.6. The molecule has 0 aromatic heterocycles. The van der Waals surface area contributed by atoms with E-state index in [1.807, 2.05) is 0 Å². The zero-order chi connectivity index (χ0) is 14.7. The molecule has 0 radical (unpaired) electrons. The minimum absolute atomic E-state index is 0.00981. The summed E-state index contributed by atoms with van der Waals surface area (Å²) < 4.78 is 5.07. The van der Waals surface area contributed by atoms with Crippen LogP contribution in [0.2, 0.25) is 0 Å². The molecule has 0 saturated heterocycles. The van der Waals surface area contributed by atoms with Crippen molar-refractivity contribution in [2.75, 3.05) is 33.1 Å². The first-order chi connectivity index (χ1) is 9.52. The fourth-order valence-electron chi connectivity index (χ4n) is 2.41. The van der Waals surface area contributed by atoms with Gasteiger partial charge in [-0.2, -0.15) is 0 Å². The average molecular weight is 279 g/mol. The quantitative estimate of drug-likeness (QED) is 0.613. The van der Waals surface area contributed by atoms with Crippen LogP contribution in [0.1, 0.15) is 12.8 Å². The zero-order valence-electron chi connectivity index (χ0n) is 12.1. The van der Waals surface area contributed by atoms with Crippen LogP contribution in [0.3, 0.4) is 0 Å². The number of benzene rings is 1. The molecule has 6 heteroatoms. The maximum absolute atomic E-state index is 10.8. The van der Waals surface area contributed by atoms with Crippen LogP contribution in [-0.4, -0.2) is 43.6 Å². The molecule has 0 amide bonds. The molecule has 0 bridgehead atoms. The molecule has 110 valence electrons. The summed E-state index contributed by atoms with van der Waals surface area (Å²) in [5, 5.41) is 14.2. The van der Waals surface area contributed by atoms with E-state index in [1.165, 1.54) is 26.0 Å². The molecule has 0 spiro atoms. The number of hydrogen-bond donors (Lipinski definition) is 1. The van der Waals surface area contributed by atoms with E-state index in [1.54, 1.807) is 12.1 Å². The Morgan fingerprint density at radius 3 is 2.70 bits per heavy atom. The van der Waals surface area contributed by atoms with Crippen molar-refractivity contribution in [2.45, 2.75) is 18.9 Å². The SMILES string of the molecule is COc1cc(NCC(C2CC2)N(C)C)ccc1[N+](=O)[O-]. The second-order valence-corrected chi connectivity index (χ2v) is 5.39. The Balaban J connectivity index is 2.04.